The lowest BCUT2D eigenvalue weighted by Crippen LogP contribution is -2.36. The number of methoxy groups -OCH3 is 1. The standard InChI is InChI=1S/C16H21N3O2/c1-11(13-4-3-5-13)18-9-12-8-14(16(20)21-2)15-17-6-7-19(15)10-12/h6-8,10-11,13,18H,3-5,9H2,1-2H3/t11-/m0/s1. The summed E-state index contributed by atoms with van der Waals surface area (Å²) in [6.07, 6.45) is 9.54. The van der Waals surface area contributed by atoms with E-state index in [0.29, 0.717) is 17.3 Å². The Labute approximate surface area is 124 Å². The summed E-state index contributed by atoms with van der Waals surface area (Å²) in [7, 11) is 1.39. The number of pyridine rings is 1. The van der Waals surface area contributed by atoms with Gasteiger partial charge in [0.25, 0.3) is 0 Å². The second-order valence-corrected chi connectivity index (χ2v) is 5.77. The summed E-state index contributed by atoms with van der Waals surface area (Å²) in [5, 5.41) is 3.56. The van der Waals surface area contributed by atoms with Gasteiger partial charge in [-0.3, -0.25) is 0 Å². The number of imidazole rings is 1. The third-order valence-electron chi connectivity index (χ3n) is 4.43. The molecule has 2 aromatic heterocycles. The van der Waals surface area contributed by atoms with Crippen molar-refractivity contribution in [3.05, 3.63) is 35.8 Å². The van der Waals surface area contributed by atoms with Crippen molar-refractivity contribution in [2.75, 3.05) is 7.11 Å². The van der Waals surface area contributed by atoms with Crippen LogP contribution in [0.5, 0.6) is 0 Å². The molecule has 5 heteroatoms. The molecule has 1 saturated carbocycles. The highest BCUT2D eigenvalue weighted by Gasteiger charge is 2.23. The minimum Gasteiger partial charge on any atom is -0.465 e. The number of nitrogens with zero attached hydrogens (tertiary/aromatic N) is 2. The smallest absolute Gasteiger partial charge is 0.341 e. The number of aromatic nitrogens is 2. The molecular weight excluding hydrogens is 266 g/mol. The number of rotatable bonds is 5. The van der Waals surface area contributed by atoms with Gasteiger partial charge in [0, 0.05) is 31.2 Å². The van der Waals surface area contributed by atoms with E-state index < -0.39 is 0 Å². The predicted molar refractivity (Wildman–Crippen MR) is 80.2 cm³/mol. The lowest BCUT2D eigenvalue weighted by molar-refractivity contribution is 0.0602. The van der Waals surface area contributed by atoms with E-state index in [-0.39, 0.29) is 5.97 Å². The molecule has 0 aliphatic heterocycles. The first kappa shape index (κ1) is 14.1. The van der Waals surface area contributed by atoms with E-state index in [1.54, 1.807) is 6.20 Å². The van der Waals surface area contributed by atoms with E-state index in [2.05, 4.69) is 17.2 Å². The van der Waals surface area contributed by atoms with Crippen LogP contribution in [0.15, 0.2) is 24.7 Å². The molecule has 0 amide bonds. The van der Waals surface area contributed by atoms with Crippen molar-refractivity contribution in [3.8, 4) is 0 Å². The fraction of sp³-hybridized carbons (Fsp3) is 0.500. The van der Waals surface area contributed by atoms with Gasteiger partial charge in [-0.25, -0.2) is 9.78 Å². The van der Waals surface area contributed by atoms with Crippen LogP contribution in [0, 0.1) is 5.92 Å². The van der Waals surface area contributed by atoms with Crippen LogP contribution in [0.2, 0.25) is 0 Å². The fourth-order valence-electron chi connectivity index (χ4n) is 2.83. The summed E-state index contributed by atoms with van der Waals surface area (Å²) >= 11 is 0. The number of ether oxygens (including phenoxy) is 1. The number of carbonyl (C=O) groups excluding carboxylic acids is 1. The Bertz CT molecular complexity index is 646. The summed E-state index contributed by atoms with van der Waals surface area (Å²) in [5.74, 6) is 0.446. The van der Waals surface area contributed by atoms with E-state index in [0.717, 1.165) is 18.0 Å². The summed E-state index contributed by atoms with van der Waals surface area (Å²) in [6, 6.07) is 2.38. The third-order valence-corrected chi connectivity index (χ3v) is 4.43. The number of hydrogen-bond donors (Lipinski definition) is 1. The molecule has 21 heavy (non-hydrogen) atoms. The van der Waals surface area contributed by atoms with Crippen molar-refractivity contribution in [1.29, 1.82) is 0 Å². The van der Waals surface area contributed by atoms with Gasteiger partial charge in [0.05, 0.1) is 7.11 Å². The van der Waals surface area contributed by atoms with Crippen LogP contribution < -0.4 is 5.32 Å². The molecule has 3 rings (SSSR count). The number of esters is 1. The van der Waals surface area contributed by atoms with Crippen molar-refractivity contribution in [2.24, 2.45) is 5.92 Å². The number of hydrogen-bond acceptors (Lipinski definition) is 4. The van der Waals surface area contributed by atoms with Crippen LogP contribution in [0.25, 0.3) is 5.65 Å². The molecule has 0 aromatic carbocycles. The molecule has 0 spiro atoms. The molecule has 0 unspecified atom stereocenters. The quantitative estimate of drug-likeness (QED) is 0.858. The minimum atomic E-state index is -0.347. The first-order valence-electron chi connectivity index (χ1n) is 7.46. The van der Waals surface area contributed by atoms with Gasteiger partial charge in [-0.1, -0.05) is 6.42 Å². The molecule has 1 N–H and O–H groups in total. The molecular formula is C16H21N3O2. The second-order valence-electron chi connectivity index (χ2n) is 5.77. The van der Waals surface area contributed by atoms with E-state index in [1.807, 2.05) is 22.9 Å². The molecule has 5 nitrogen and oxygen atoms in total. The van der Waals surface area contributed by atoms with Crippen LogP contribution in [0.3, 0.4) is 0 Å². The molecule has 1 aliphatic rings. The van der Waals surface area contributed by atoms with Crippen molar-refractivity contribution >= 4 is 11.6 Å². The SMILES string of the molecule is COC(=O)c1cc(CN[C@@H](C)C2CCC2)cn2ccnc12. The minimum absolute atomic E-state index is 0.347. The lowest BCUT2D eigenvalue weighted by Gasteiger charge is -2.32. The molecule has 2 aromatic rings. The van der Waals surface area contributed by atoms with Crippen molar-refractivity contribution in [1.82, 2.24) is 14.7 Å². The highest BCUT2D eigenvalue weighted by Crippen LogP contribution is 2.29. The molecule has 112 valence electrons. The Morgan fingerprint density at radius 3 is 3.05 bits per heavy atom. The first-order chi connectivity index (χ1) is 10.2. The zero-order valence-corrected chi connectivity index (χ0v) is 12.5. The van der Waals surface area contributed by atoms with Crippen LogP contribution in [0.1, 0.15) is 42.1 Å². The lowest BCUT2D eigenvalue weighted by atomic mass is 9.80. The van der Waals surface area contributed by atoms with Crippen LogP contribution in [-0.2, 0) is 11.3 Å². The van der Waals surface area contributed by atoms with E-state index in [1.165, 1.54) is 26.4 Å². The maximum absolute atomic E-state index is 11.9. The van der Waals surface area contributed by atoms with Gasteiger partial charge in [-0.05, 0) is 37.3 Å². The van der Waals surface area contributed by atoms with Gasteiger partial charge in [-0.15, -0.1) is 0 Å². The number of fused-ring (bicyclic) bond motifs is 1. The van der Waals surface area contributed by atoms with Crippen molar-refractivity contribution in [3.63, 3.8) is 0 Å². The zero-order valence-electron chi connectivity index (χ0n) is 12.5. The topological polar surface area (TPSA) is 55.6 Å². The summed E-state index contributed by atoms with van der Waals surface area (Å²) < 4.78 is 6.72. The van der Waals surface area contributed by atoms with Crippen molar-refractivity contribution in [2.45, 2.75) is 38.8 Å². The normalized spacial score (nSPS) is 16.7. The van der Waals surface area contributed by atoms with Gasteiger partial charge in [0.2, 0.25) is 0 Å². The number of carbonyl (C=O) groups is 1. The molecule has 0 bridgehead atoms. The Hall–Kier alpha value is -1.88. The molecule has 1 aliphatic carbocycles. The fourth-order valence-corrected chi connectivity index (χ4v) is 2.83. The van der Waals surface area contributed by atoms with Gasteiger partial charge in [0.15, 0.2) is 5.65 Å². The average Bonchev–Trinajstić information content (AvgIpc) is 2.89. The van der Waals surface area contributed by atoms with E-state index >= 15 is 0 Å². The number of nitrogens with one attached hydrogen (secondary N) is 1. The Kier molecular flexibility index (Phi) is 3.92. The molecule has 0 radical (unpaired) electrons. The maximum Gasteiger partial charge on any atom is 0.341 e. The largest absolute Gasteiger partial charge is 0.465 e. The zero-order chi connectivity index (χ0) is 14.8. The van der Waals surface area contributed by atoms with Gasteiger partial charge in [-0.2, -0.15) is 0 Å². The highest BCUT2D eigenvalue weighted by atomic mass is 16.5. The van der Waals surface area contributed by atoms with E-state index in [4.69, 9.17) is 4.74 Å². The summed E-state index contributed by atoms with van der Waals surface area (Å²) in [6.45, 7) is 2.98. The maximum atomic E-state index is 11.9. The second kappa shape index (κ2) is 5.85. The molecule has 2 heterocycles. The van der Waals surface area contributed by atoms with Gasteiger partial charge in [0.1, 0.15) is 5.56 Å². The summed E-state index contributed by atoms with van der Waals surface area (Å²) in [4.78, 5) is 16.1. The molecule has 1 fully saturated rings. The predicted octanol–water partition coefficient (Wildman–Crippen LogP) is 2.40. The van der Waals surface area contributed by atoms with Crippen LogP contribution in [-0.4, -0.2) is 28.5 Å². The highest BCUT2D eigenvalue weighted by molar-refractivity contribution is 5.95. The van der Waals surface area contributed by atoms with Gasteiger partial charge >= 0.3 is 5.97 Å². The van der Waals surface area contributed by atoms with Crippen molar-refractivity contribution < 1.29 is 9.53 Å². The van der Waals surface area contributed by atoms with Crippen LogP contribution in [0.4, 0.5) is 0 Å². The monoisotopic (exact) mass is 287 g/mol. The Morgan fingerprint density at radius 2 is 2.38 bits per heavy atom. The molecule has 0 saturated heterocycles. The van der Waals surface area contributed by atoms with Crippen LogP contribution >= 0.6 is 0 Å². The Balaban J connectivity index is 1.79. The first-order valence-corrected chi connectivity index (χ1v) is 7.46. The third kappa shape index (κ3) is 2.78. The summed E-state index contributed by atoms with van der Waals surface area (Å²) in [5.41, 5.74) is 2.21. The molecule has 1 atom stereocenters. The van der Waals surface area contributed by atoms with E-state index in [9.17, 15) is 4.79 Å². The van der Waals surface area contributed by atoms with Gasteiger partial charge < -0.3 is 14.5 Å². The average molecular weight is 287 g/mol. The Morgan fingerprint density at radius 1 is 1.57 bits per heavy atom.